The van der Waals surface area contributed by atoms with Crippen LogP contribution < -0.4 is 0 Å². The minimum absolute atomic E-state index is 0.930. The SMILES string of the molecule is CC(C)[CH2][Sn]([CH3])([CH3])[CH2]C(C)C. The van der Waals surface area contributed by atoms with Gasteiger partial charge in [0.1, 0.15) is 0 Å². The monoisotopic (exact) mass is 264 g/mol. The van der Waals surface area contributed by atoms with Gasteiger partial charge in [0.05, 0.1) is 0 Å². The van der Waals surface area contributed by atoms with Crippen LogP contribution in [0.15, 0.2) is 0 Å². The molecule has 0 fully saturated rings. The van der Waals surface area contributed by atoms with Crippen molar-refractivity contribution < 1.29 is 0 Å². The van der Waals surface area contributed by atoms with Crippen molar-refractivity contribution in [3.63, 3.8) is 0 Å². The Morgan fingerprint density at radius 1 is 0.818 bits per heavy atom. The predicted molar refractivity (Wildman–Crippen MR) is 56.8 cm³/mol. The molecule has 0 unspecified atom stereocenters. The maximum atomic E-state index is 2.59. The van der Waals surface area contributed by atoms with E-state index >= 15 is 0 Å². The first-order chi connectivity index (χ1) is 4.83. The van der Waals surface area contributed by atoms with Gasteiger partial charge in [0.15, 0.2) is 0 Å². The first-order valence-electron chi connectivity index (χ1n) is 4.83. The Hall–Kier alpha value is 0.799. The van der Waals surface area contributed by atoms with Gasteiger partial charge in [0, 0.05) is 0 Å². The predicted octanol–water partition coefficient (Wildman–Crippen LogP) is 4.01. The molecule has 0 N–H and O–H groups in total. The molecule has 68 valence electrons. The van der Waals surface area contributed by atoms with Crippen molar-refractivity contribution in [2.75, 3.05) is 0 Å². The third-order valence-electron chi connectivity index (χ3n) is 1.92. The minimum atomic E-state index is -1.53. The van der Waals surface area contributed by atoms with Gasteiger partial charge >= 0.3 is 76.7 Å². The standard InChI is InChI=1S/2C4H9.2CH3.Sn/c2*1-4(2)3;;;/h2*4H,1H2,2-3H3;2*1H3;. The fraction of sp³-hybridized carbons (Fsp3) is 1.00. The van der Waals surface area contributed by atoms with Gasteiger partial charge in [-0.15, -0.1) is 0 Å². The van der Waals surface area contributed by atoms with E-state index in [2.05, 4.69) is 37.6 Å². The Morgan fingerprint density at radius 3 is 1.27 bits per heavy atom. The molecule has 11 heavy (non-hydrogen) atoms. The third-order valence-corrected chi connectivity index (χ3v) is 12.9. The Kier molecular flexibility index (Phi) is 5.08. The van der Waals surface area contributed by atoms with Crippen LogP contribution in [0.4, 0.5) is 0 Å². The Balaban J connectivity index is 3.79. The summed E-state index contributed by atoms with van der Waals surface area (Å²) in [7, 11) is 0. The van der Waals surface area contributed by atoms with E-state index in [1.807, 2.05) is 0 Å². The van der Waals surface area contributed by atoms with Gasteiger partial charge in [0.25, 0.3) is 0 Å². The summed E-state index contributed by atoms with van der Waals surface area (Å²) in [4.78, 5) is 5.18. The van der Waals surface area contributed by atoms with E-state index in [9.17, 15) is 0 Å². The van der Waals surface area contributed by atoms with Crippen LogP contribution >= 0.6 is 0 Å². The Bertz CT molecular complexity index is 91.4. The van der Waals surface area contributed by atoms with Crippen LogP contribution in [0.5, 0.6) is 0 Å². The second-order valence-corrected chi connectivity index (χ2v) is 20.0. The summed E-state index contributed by atoms with van der Waals surface area (Å²) in [5.41, 5.74) is 0. The molecular weight excluding hydrogens is 239 g/mol. The molecule has 0 spiro atoms. The molecule has 0 aliphatic rings. The Labute approximate surface area is 76.6 Å². The molecule has 0 nitrogen and oxygen atoms in total. The van der Waals surface area contributed by atoms with Crippen LogP contribution in [-0.4, -0.2) is 18.4 Å². The molecule has 0 saturated carbocycles. The molecule has 0 aromatic heterocycles. The van der Waals surface area contributed by atoms with E-state index in [1.54, 1.807) is 8.87 Å². The summed E-state index contributed by atoms with van der Waals surface area (Å²) in [5, 5.41) is 0. The summed E-state index contributed by atoms with van der Waals surface area (Å²) < 4.78 is 3.12. The van der Waals surface area contributed by atoms with Crippen molar-refractivity contribution in [2.45, 2.75) is 46.4 Å². The zero-order valence-electron chi connectivity index (χ0n) is 9.07. The van der Waals surface area contributed by atoms with Crippen molar-refractivity contribution >= 4 is 18.4 Å². The van der Waals surface area contributed by atoms with Gasteiger partial charge < -0.3 is 0 Å². The quantitative estimate of drug-likeness (QED) is 0.672. The second kappa shape index (κ2) is 4.73. The van der Waals surface area contributed by atoms with E-state index < -0.39 is 18.4 Å². The summed E-state index contributed by atoms with van der Waals surface area (Å²) in [6.07, 6.45) is 0. The van der Waals surface area contributed by atoms with Gasteiger partial charge in [0.2, 0.25) is 0 Å². The fourth-order valence-electron chi connectivity index (χ4n) is 2.29. The second-order valence-electron chi connectivity index (χ2n) is 5.36. The average molecular weight is 263 g/mol. The van der Waals surface area contributed by atoms with Crippen LogP contribution in [0.1, 0.15) is 27.7 Å². The van der Waals surface area contributed by atoms with Crippen molar-refractivity contribution in [2.24, 2.45) is 11.8 Å². The van der Waals surface area contributed by atoms with E-state index in [0.717, 1.165) is 11.8 Å². The topological polar surface area (TPSA) is 0 Å². The van der Waals surface area contributed by atoms with Gasteiger partial charge in [-0.1, -0.05) is 0 Å². The maximum absolute atomic E-state index is 2.59. The van der Waals surface area contributed by atoms with Gasteiger partial charge in [-0.3, -0.25) is 0 Å². The molecule has 0 aromatic rings. The van der Waals surface area contributed by atoms with Crippen LogP contribution in [0.25, 0.3) is 0 Å². The van der Waals surface area contributed by atoms with Gasteiger partial charge in [-0.2, -0.15) is 0 Å². The molecule has 0 radical (unpaired) electrons. The molecule has 0 rings (SSSR count). The molecule has 0 saturated heterocycles. The van der Waals surface area contributed by atoms with Crippen LogP contribution in [0, 0.1) is 11.8 Å². The molecular formula is C10H24Sn. The molecule has 0 amide bonds. The van der Waals surface area contributed by atoms with Crippen molar-refractivity contribution in [1.29, 1.82) is 0 Å². The van der Waals surface area contributed by atoms with Crippen LogP contribution in [0.2, 0.25) is 18.8 Å². The van der Waals surface area contributed by atoms with Gasteiger partial charge in [-0.05, 0) is 0 Å². The van der Waals surface area contributed by atoms with E-state index in [0.29, 0.717) is 0 Å². The molecule has 0 aliphatic heterocycles. The fourth-order valence-corrected chi connectivity index (χ4v) is 15.4. The molecule has 0 heterocycles. The third kappa shape index (κ3) is 7.17. The van der Waals surface area contributed by atoms with E-state index in [1.165, 1.54) is 0 Å². The van der Waals surface area contributed by atoms with Crippen molar-refractivity contribution in [3.05, 3.63) is 0 Å². The first-order valence-corrected chi connectivity index (χ1v) is 14.6. The summed E-state index contributed by atoms with van der Waals surface area (Å²) >= 11 is -1.53. The zero-order valence-corrected chi connectivity index (χ0v) is 11.9. The summed E-state index contributed by atoms with van der Waals surface area (Å²) in [6.45, 7) is 9.44. The Morgan fingerprint density at radius 2 is 1.09 bits per heavy atom. The molecule has 0 aliphatic carbocycles. The average Bonchev–Trinajstić information content (AvgIpc) is 1.53. The summed E-state index contributed by atoms with van der Waals surface area (Å²) in [6, 6.07) is 0. The zero-order chi connectivity index (χ0) is 9.07. The molecule has 1 heteroatoms. The van der Waals surface area contributed by atoms with Crippen molar-refractivity contribution in [1.82, 2.24) is 0 Å². The molecule has 0 bridgehead atoms. The van der Waals surface area contributed by atoms with Crippen molar-refractivity contribution in [3.8, 4) is 0 Å². The number of hydrogen-bond acceptors (Lipinski definition) is 0. The van der Waals surface area contributed by atoms with Gasteiger partial charge in [-0.25, -0.2) is 0 Å². The molecule has 0 aromatic carbocycles. The normalized spacial score (nSPS) is 13.1. The van der Waals surface area contributed by atoms with Crippen LogP contribution in [0.3, 0.4) is 0 Å². The van der Waals surface area contributed by atoms with E-state index in [-0.39, 0.29) is 0 Å². The first kappa shape index (κ1) is 11.8. The van der Waals surface area contributed by atoms with Crippen LogP contribution in [-0.2, 0) is 0 Å². The number of rotatable bonds is 4. The summed E-state index contributed by atoms with van der Waals surface area (Å²) in [5.74, 6) is 1.86. The number of hydrogen-bond donors (Lipinski definition) is 0. The molecule has 0 atom stereocenters. The van der Waals surface area contributed by atoms with E-state index in [4.69, 9.17) is 0 Å².